The van der Waals surface area contributed by atoms with Crippen LogP contribution in [0.5, 0.6) is 5.75 Å². The molecule has 0 radical (unpaired) electrons. The van der Waals surface area contributed by atoms with Crippen LogP contribution in [-0.2, 0) is 6.61 Å². The second-order valence-electron chi connectivity index (χ2n) is 5.17. The summed E-state index contributed by atoms with van der Waals surface area (Å²) in [5, 5.41) is 10.5. The van der Waals surface area contributed by atoms with Gasteiger partial charge in [0.1, 0.15) is 23.0 Å². The maximum absolute atomic E-state index is 12.0. The molecule has 0 aliphatic heterocycles. The smallest absolute Gasteiger partial charge is 0.433 e. The zero-order chi connectivity index (χ0) is 19.2. The number of carbonyl (C=O) groups excluding carboxylic acids is 2. The summed E-state index contributed by atoms with van der Waals surface area (Å²) in [6, 6.07) is 14.2. The Balaban J connectivity index is 1.51. The minimum atomic E-state index is -0.851. The molecule has 0 saturated carbocycles. The molecular weight excluding hydrogens is 358 g/mol. The van der Waals surface area contributed by atoms with Crippen molar-refractivity contribution in [3.63, 3.8) is 0 Å². The molecule has 0 aliphatic rings. The number of hydrazine groups is 1. The summed E-state index contributed by atoms with van der Waals surface area (Å²) in [5.41, 5.74) is 4.19. The summed E-state index contributed by atoms with van der Waals surface area (Å²) in [5.74, 6) is -1.45. The average Bonchev–Trinajstić information content (AvgIpc) is 3.35. The van der Waals surface area contributed by atoms with Crippen molar-refractivity contribution in [3.8, 4) is 5.75 Å². The van der Waals surface area contributed by atoms with Gasteiger partial charge in [0.05, 0.1) is 6.07 Å². The summed E-state index contributed by atoms with van der Waals surface area (Å²) in [4.78, 5) is 33.5. The molecule has 0 aliphatic carbocycles. The van der Waals surface area contributed by atoms with Gasteiger partial charge in [-0.2, -0.15) is 0 Å². The number of nitro groups is 1. The number of furan rings is 2. The number of nitrogens with one attached hydrogen (secondary N) is 2. The number of ether oxygens (including phenoxy) is 1. The lowest BCUT2D eigenvalue weighted by molar-refractivity contribution is -0.402. The van der Waals surface area contributed by atoms with E-state index in [0.29, 0.717) is 11.5 Å². The van der Waals surface area contributed by atoms with Crippen LogP contribution < -0.4 is 15.6 Å². The number of hydrogen-bond acceptors (Lipinski definition) is 7. The maximum Gasteiger partial charge on any atom is 0.433 e. The van der Waals surface area contributed by atoms with Crippen LogP contribution in [0.4, 0.5) is 5.88 Å². The highest BCUT2D eigenvalue weighted by molar-refractivity contribution is 5.96. The minimum absolute atomic E-state index is 0.0487. The van der Waals surface area contributed by atoms with E-state index in [2.05, 4.69) is 10.9 Å². The Bertz CT molecular complexity index is 962. The van der Waals surface area contributed by atoms with E-state index < -0.39 is 22.6 Å². The van der Waals surface area contributed by atoms with Crippen molar-refractivity contribution in [3.05, 3.63) is 82.0 Å². The fraction of sp³-hybridized carbons (Fsp3) is 0.0588. The van der Waals surface area contributed by atoms with Crippen molar-refractivity contribution >= 4 is 17.7 Å². The normalized spacial score (nSPS) is 10.2. The first kappa shape index (κ1) is 17.7. The van der Waals surface area contributed by atoms with Gasteiger partial charge in [-0.15, -0.1) is 0 Å². The summed E-state index contributed by atoms with van der Waals surface area (Å²) < 4.78 is 15.6. The van der Waals surface area contributed by atoms with Crippen LogP contribution in [0.3, 0.4) is 0 Å². The van der Waals surface area contributed by atoms with E-state index >= 15 is 0 Å². The topological polar surface area (TPSA) is 137 Å². The van der Waals surface area contributed by atoms with Crippen LogP contribution in [0.25, 0.3) is 0 Å². The van der Waals surface area contributed by atoms with Crippen LogP contribution in [0.15, 0.2) is 63.4 Å². The van der Waals surface area contributed by atoms with Gasteiger partial charge >= 0.3 is 17.7 Å². The minimum Gasteiger partial charge on any atom is -0.486 e. The van der Waals surface area contributed by atoms with Gasteiger partial charge in [0.15, 0.2) is 5.76 Å². The Morgan fingerprint density at radius 2 is 1.56 bits per heavy atom. The second-order valence-corrected chi connectivity index (χ2v) is 5.17. The first-order valence-electron chi connectivity index (χ1n) is 7.64. The van der Waals surface area contributed by atoms with Crippen molar-refractivity contribution in [2.45, 2.75) is 6.61 Å². The highest BCUT2D eigenvalue weighted by atomic mass is 16.6. The summed E-state index contributed by atoms with van der Waals surface area (Å²) in [7, 11) is 0. The SMILES string of the molecule is O=C(NNC(=O)c1ccc([N+](=O)[O-])o1)c1ccc(COc2ccccc2)o1. The lowest BCUT2D eigenvalue weighted by atomic mass is 10.3. The Hall–Kier alpha value is -4.08. The fourth-order valence-electron chi connectivity index (χ4n) is 2.03. The van der Waals surface area contributed by atoms with Crippen molar-refractivity contribution in [2.24, 2.45) is 0 Å². The van der Waals surface area contributed by atoms with E-state index in [1.165, 1.54) is 6.07 Å². The predicted molar refractivity (Wildman–Crippen MR) is 89.8 cm³/mol. The predicted octanol–water partition coefficient (Wildman–Crippen LogP) is 2.43. The molecule has 10 heteroatoms. The van der Waals surface area contributed by atoms with Crippen LogP contribution >= 0.6 is 0 Å². The Labute approximate surface area is 151 Å². The Kier molecular flexibility index (Phi) is 5.17. The molecule has 0 fully saturated rings. The van der Waals surface area contributed by atoms with Gasteiger partial charge in [0, 0.05) is 0 Å². The van der Waals surface area contributed by atoms with Crippen LogP contribution in [0, 0.1) is 10.1 Å². The molecule has 0 spiro atoms. The molecule has 0 atom stereocenters. The van der Waals surface area contributed by atoms with E-state index in [0.717, 1.165) is 12.1 Å². The molecule has 3 rings (SSSR count). The van der Waals surface area contributed by atoms with Crippen molar-refractivity contribution in [1.82, 2.24) is 10.9 Å². The largest absolute Gasteiger partial charge is 0.486 e. The van der Waals surface area contributed by atoms with Crippen LogP contribution in [-0.4, -0.2) is 16.7 Å². The van der Waals surface area contributed by atoms with E-state index in [1.54, 1.807) is 18.2 Å². The number of hydrogen-bond donors (Lipinski definition) is 2. The third-order valence-electron chi connectivity index (χ3n) is 3.29. The summed E-state index contributed by atoms with van der Waals surface area (Å²) >= 11 is 0. The molecule has 138 valence electrons. The van der Waals surface area contributed by atoms with Gasteiger partial charge in [-0.25, -0.2) is 0 Å². The zero-order valence-corrected chi connectivity index (χ0v) is 13.7. The monoisotopic (exact) mass is 371 g/mol. The molecule has 2 aromatic heterocycles. The number of amides is 2. The lowest BCUT2D eigenvalue weighted by Crippen LogP contribution is -2.41. The van der Waals surface area contributed by atoms with Gasteiger partial charge in [0.25, 0.3) is 0 Å². The van der Waals surface area contributed by atoms with E-state index in [4.69, 9.17) is 13.6 Å². The first-order valence-corrected chi connectivity index (χ1v) is 7.64. The molecule has 27 heavy (non-hydrogen) atoms. The molecular formula is C17H13N3O7. The summed E-state index contributed by atoms with van der Waals surface area (Å²) in [6.07, 6.45) is 0. The van der Waals surface area contributed by atoms with Gasteiger partial charge in [-0.05, 0) is 30.3 Å². The average molecular weight is 371 g/mol. The van der Waals surface area contributed by atoms with E-state index in [1.807, 2.05) is 18.2 Å². The number of benzene rings is 1. The number of rotatable bonds is 6. The second kappa shape index (κ2) is 7.87. The molecule has 0 saturated heterocycles. The highest BCUT2D eigenvalue weighted by Gasteiger charge is 2.18. The molecule has 3 aromatic rings. The standard InChI is InChI=1S/C17H13N3O7/c21-16(18-19-17(22)14-8-9-15(27-14)20(23)24)13-7-6-12(26-13)10-25-11-4-2-1-3-5-11/h1-9H,10H2,(H,18,21)(H,19,22). The molecule has 1 aromatic carbocycles. The van der Waals surface area contributed by atoms with Crippen molar-refractivity contribution in [1.29, 1.82) is 0 Å². The number of para-hydroxylation sites is 1. The number of carbonyl (C=O) groups is 2. The quantitative estimate of drug-likeness (QED) is 0.501. The van der Waals surface area contributed by atoms with Crippen LogP contribution in [0.2, 0.25) is 0 Å². The molecule has 2 N–H and O–H groups in total. The van der Waals surface area contributed by atoms with Crippen molar-refractivity contribution in [2.75, 3.05) is 0 Å². The number of nitrogens with zero attached hydrogens (tertiary/aromatic N) is 1. The lowest BCUT2D eigenvalue weighted by Gasteiger charge is -2.04. The maximum atomic E-state index is 12.0. The Morgan fingerprint density at radius 1 is 0.926 bits per heavy atom. The fourth-order valence-corrected chi connectivity index (χ4v) is 2.03. The van der Waals surface area contributed by atoms with Crippen molar-refractivity contribution < 1.29 is 28.1 Å². The Morgan fingerprint density at radius 3 is 2.19 bits per heavy atom. The van der Waals surface area contributed by atoms with Crippen LogP contribution in [0.1, 0.15) is 26.9 Å². The first-order chi connectivity index (χ1) is 13.0. The van der Waals surface area contributed by atoms with Gasteiger partial charge < -0.3 is 13.6 Å². The summed E-state index contributed by atoms with van der Waals surface area (Å²) in [6.45, 7) is 0.125. The van der Waals surface area contributed by atoms with Gasteiger partial charge in [0.2, 0.25) is 5.76 Å². The molecule has 10 nitrogen and oxygen atoms in total. The van der Waals surface area contributed by atoms with E-state index in [-0.39, 0.29) is 18.1 Å². The molecule has 2 heterocycles. The van der Waals surface area contributed by atoms with Gasteiger partial charge in [-0.3, -0.25) is 30.6 Å². The molecule has 0 bridgehead atoms. The van der Waals surface area contributed by atoms with Gasteiger partial charge in [-0.1, -0.05) is 18.2 Å². The molecule has 0 unspecified atom stereocenters. The third kappa shape index (κ3) is 4.51. The highest BCUT2D eigenvalue weighted by Crippen LogP contribution is 2.16. The molecule has 2 amide bonds. The third-order valence-corrected chi connectivity index (χ3v) is 3.29. The van der Waals surface area contributed by atoms with E-state index in [9.17, 15) is 19.7 Å². The zero-order valence-electron chi connectivity index (χ0n) is 13.7.